The predicted molar refractivity (Wildman–Crippen MR) is 84.1 cm³/mol. The Morgan fingerprint density at radius 1 is 1.10 bits per heavy atom. The molecule has 2 aromatic rings. The Morgan fingerprint density at radius 2 is 1.85 bits per heavy atom. The third kappa shape index (κ3) is 4.16. The lowest BCUT2D eigenvalue weighted by Gasteiger charge is -2.21. The lowest BCUT2D eigenvalue weighted by atomic mass is 10.2. The third-order valence-electron chi connectivity index (χ3n) is 3.00. The molecule has 0 N–H and O–H groups in total. The molecule has 108 valence electrons. The lowest BCUT2D eigenvalue weighted by Crippen LogP contribution is -2.32. The Morgan fingerprint density at radius 3 is 2.45 bits per heavy atom. The van der Waals surface area contributed by atoms with Crippen LogP contribution in [-0.2, 0) is 22.3 Å². The first-order valence-electron chi connectivity index (χ1n) is 6.64. The van der Waals surface area contributed by atoms with E-state index in [1.165, 1.54) is 0 Å². The molecule has 0 saturated carbocycles. The van der Waals surface area contributed by atoms with Gasteiger partial charge < -0.3 is 0 Å². The molecule has 0 spiro atoms. The summed E-state index contributed by atoms with van der Waals surface area (Å²) in [6.45, 7) is 3.02. The standard InChI is InChI=1S/C15H19NO2S2/c1-2-9-16(11-15-8-10-19-12-15)20(17,18)13-14-6-4-3-5-7-14/h3-8,10,12H,2,9,11,13H2,1H3. The Bertz CT molecular complexity index is 607. The number of benzene rings is 1. The van der Waals surface area contributed by atoms with Crippen LogP contribution in [0.3, 0.4) is 0 Å². The number of sulfonamides is 1. The van der Waals surface area contributed by atoms with E-state index in [1.807, 2.05) is 54.1 Å². The molecule has 0 radical (unpaired) electrons. The predicted octanol–water partition coefficient (Wildman–Crippen LogP) is 3.49. The fourth-order valence-corrected chi connectivity index (χ4v) is 4.29. The number of rotatable bonds is 7. The first kappa shape index (κ1) is 15.2. The van der Waals surface area contributed by atoms with Gasteiger partial charge in [0, 0.05) is 13.1 Å². The summed E-state index contributed by atoms with van der Waals surface area (Å²) in [7, 11) is -3.28. The van der Waals surface area contributed by atoms with E-state index in [1.54, 1.807) is 15.6 Å². The number of thiophene rings is 1. The van der Waals surface area contributed by atoms with Gasteiger partial charge in [0.05, 0.1) is 5.75 Å². The second-order valence-electron chi connectivity index (χ2n) is 4.71. The van der Waals surface area contributed by atoms with E-state index in [9.17, 15) is 8.42 Å². The van der Waals surface area contributed by atoms with Crippen LogP contribution in [0, 0.1) is 0 Å². The molecule has 2 rings (SSSR count). The van der Waals surface area contributed by atoms with Crippen LogP contribution in [0.15, 0.2) is 47.2 Å². The zero-order valence-corrected chi connectivity index (χ0v) is 13.2. The van der Waals surface area contributed by atoms with Crippen molar-refractivity contribution < 1.29 is 8.42 Å². The maximum atomic E-state index is 12.5. The van der Waals surface area contributed by atoms with Crippen LogP contribution in [0.25, 0.3) is 0 Å². The number of hydrogen-bond acceptors (Lipinski definition) is 3. The van der Waals surface area contributed by atoms with Gasteiger partial charge in [-0.25, -0.2) is 8.42 Å². The molecule has 1 heterocycles. The van der Waals surface area contributed by atoms with Crippen molar-refractivity contribution in [3.63, 3.8) is 0 Å². The minimum atomic E-state index is -3.28. The van der Waals surface area contributed by atoms with Gasteiger partial charge in [-0.2, -0.15) is 15.6 Å². The summed E-state index contributed by atoms with van der Waals surface area (Å²) in [6, 6.07) is 11.3. The molecule has 0 aliphatic rings. The van der Waals surface area contributed by atoms with E-state index < -0.39 is 10.0 Å². The summed E-state index contributed by atoms with van der Waals surface area (Å²) in [5, 5.41) is 3.98. The topological polar surface area (TPSA) is 37.4 Å². The summed E-state index contributed by atoms with van der Waals surface area (Å²) in [4.78, 5) is 0. The quantitative estimate of drug-likeness (QED) is 0.785. The molecule has 1 aromatic heterocycles. The number of hydrogen-bond donors (Lipinski definition) is 0. The second kappa shape index (κ2) is 7.02. The molecule has 5 heteroatoms. The van der Waals surface area contributed by atoms with Crippen molar-refractivity contribution in [2.45, 2.75) is 25.6 Å². The van der Waals surface area contributed by atoms with Gasteiger partial charge in [0.25, 0.3) is 0 Å². The smallest absolute Gasteiger partial charge is 0.212 e. The largest absolute Gasteiger partial charge is 0.218 e. The SMILES string of the molecule is CCCN(Cc1ccsc1)S(=O)(=O)Cc1ccccc1. The molecule has 1 aromatic carbocycles. The first-order valence-corrected chi connectivity index (χ1v) is 9.20. The monoisotopic (exact) mass is 309 g/mol. The molecule has 0 fully saturated rings. The highest BCUT2D eigenvalue weighted by atomic mass is 32.2. The van der Waals surface area contributed by atoms with Gasteiger partial charge in [0.1, 0.15) is 0 Å². The van der Waals surface area contributed by atoms with Gasteiger partial charge in [-0.05, 0) is 34.4 Å². The summed E-state index contributed by atoms with van der Waals surface area (Å²) in [6.07, 6.45) is 0.818. The van der Waals surface area contributed by atoms with Crippen LogP contribution in [0.1, 0.15) is 24.5 Å². The maximum Gasteiger partial charge on any atom is 0.218 e. The minimum absolute atomic E-state index is 0.0674. The van der Waals surface area contributed by atoms with E-state index in [-0.39, 0.29) is 5.75 Å². The number of nitrogens with zero attached hydrogens (tertiary/aromatic N) is 1. The molecule has 0 saturated heterocycles. The van der Waals surface area contributed by atoms with Crippen LogP contribution in [0.5, 0.6) is 0 Å². The molecular formula is C15H19NO2S2. The highest BCUT2D eigenvalue weighted by Gasteiger charge is 2.22. The van der Waals surface area contributed by atoms with Gasteiger partial charge in [-0.1, -0.05) is 37.3 Å². The van der Waals surface area contributed by atoms with Crippen molar-refractivity contribution in [1.29, 1.82) is 0 Å². The van der Waals surface area contributed by atoms with E-state index in [4.69, 9.17) is 0 Å². The molecule has 0 amide bonds. The lowest BCUT2D eigenvalue weighted by molar-refractivity contribution is 0.405. The molecule has 0 atom stereocenters. The minimum Gasteiger partial charge on any atom is -0.212 e. The van der Waals surface area contributed by atoms with Crippen LogP contribution in [-0.4, -0.2) is 19.3 Å². The average Bonchev–Trinajstić information content (AvgIpc) is 2.92. The summed E-state index contributed by atoms with van der Waals surface area (Å²) < 4.78 is 26.7. The molecule has 0 aliphatic heterocycles. The summed E-state index contributed by atoms with van der Waals surface area (Å²) in [5.74, 6) is 0.0674. The van der Waals surface area contributed by atoms with Gasteiger partial charge in [-0.3, -0.25) is 0 Å². The van der Waals surface area contributed by atoms with E-state index in [0.29, 0.717) is 13.1 Å². The Hall–Kier alpha value is -1.17. The maximum absolute atomic E-state index is 12.5. The highest BCUT2D eigenvalue weighted by molar-refractivity contribution is 7.88. The van der Waals surface area contributed by atoms with Crippen LogP contribution in [0.2, 0.25) is 0 Å². The van der Waals surface area contributed by atoms with Crippen LogP contribution < -0.4 is 0 Å². The van der Waals surface area contributed by atoms with Crippen molar-refractivity contribution in [3.05, 3.63) is 58.3 Å². The summed E-state index contributed by atoms with van der Waals surface area (Å²) >= 11 is 1.59. The Balaban J connectivity index is 2.14. The van der Waals surface area contributed by atoms with Crippen LogP contribution >= 0.6 is 11.3 Å². The van der Waals surface area contributed by atoms with Gasteiger partial charge in [0.15, 0.2) is 0 Å². The normalized spacial score (nSPS) is 11.9. The average molecular weight is 309 g/mol. The zero-order valence-electron chi connectivity index (χ0n) is 11.5. The second-order valence-corrected chi connectivity index (χ2v) is 7.46. The van der Waals surface area contributed by atoms with Crippen molar-refractivity contribution in [3.8, 4) is 0 Å². The van der Waals surface area contributed by atoms with E-state index in [2.05, 4.69) is 0 Å². The Labute approximate surface area is 124 Å². The van der Waals surface area contributed by atoms with E-state index in [0.717, 1.165) is 17.5 Å². The first-order chi connectivity index (χ1) is 9.62. The molecule has 3 nitrogen and oxygen atoms in total. The van der Waals surface area contributed by atoms with Crippen molar-refractivity contribution in [2.24, 2.45) is 0 Å². The fourth-order valence-electron chi connectivity index (χ4n) is 2.03. The van der Waals surface area contributed by atoms with Gasteiger partial charge >= 0.3 is 0 Å². The van der Waals surface area contributed by atoms with Crippen molar-refractivity contribution >= 4 is 21.4 Å². The van der Waals surface area contributed by atoms with Crippen LogP contribution in [0.4, 0.5) is 0 Å². The third-order valence-corrected chi connectivity index (χ3v) is 5.53. The van der Waals surface area contributed by atoms with Crippen molar-refractivity contribution in [1.82, 2.24) is 4.31 Å². The van der Waals surface area contributed by atoms with Gasteiger partial charge in [-0.15, -0.1) is 0 Å². The summed E-state index contributed by atoms with van der Waals surface area (Å²) in [5.41, 5.74) is 1.89. The van der Waals surface area contributed by atoms with Gasteiger partial charge in [0.2, 0.25) is 10.0 Å². The molecule has 20 heavy (non-hydrogen) atoms. The van der Waals surface area contributed by atoms with Crippen molar-refractivity contribution in [2.75, 3.05) is 6.54 Å². The molecule has 0 unspecified atom stereocenters. The Kier molecular flexibility index (Phi) is 5.34. The molecule has 0 bridgehead atoms. The fraction of sp³-hybridized carbons (Fsp3) is 0.333. The molecule has 0 aliphatic carbocycles. The zero-order chi connectivity index (χ0) is 14.4. The van der Waals surface area contributed by atoms with E-state index >= 15 is 0 Å². The highest BCUT2D eigenvalue weighted by Crippen LogP contribution is 2.16. The molecular weight excluding hydrogens is 290 g/mol.